The van der Waals surface area contributed by atoms with Gasteiger partial charge in [0.2, 0.25) is 0 Å². The third-order valence-corrected chi connectivity index (χ3v) is 4.04. The van der Waals surface area contributed by atoms with Crippen molar-refractivity contribution in [2.75, 3.05) is 13.2 Å². The van der Waals surface area contributed by atoms with E-state index < -0.39 is 0 Å². The number of hydrogen-bond acceptors (Lipinski definition) is 2. The third-order valence-electron chi connectivity index (χ3n) is 4.04. The zero-order valence-corrected chi connectivity index (χ0v) is 11.9. The second-order valence-electron chi connectivity index (χ2n) is 5.71. The van der Waals surface area contributed by atoms with Crippen LogP contribution in [0.2, 0.25) is 0 Å². The van der Waals surface area contributed by atoms with Crippen molar-refractivity contribution in [2.24, 2.45) is 11.7 Å². The van der Waals surface area contributed by atoms with Crippen molar-refractivity contribution in [3.05, 3.63) is 35.6 Å². The van der Waals surface area contributed by atoms with Crippen LogP contribution in [0, 0.1) is 5.92 Å². The minimum absolute atomic E-state index is 0.766. The molecule has 0 amide bonds. The first-order chi connectivity index (χ1) is 9.38. The van der Waals surface area contributed by atoms with Gasteiger partial charge in [-0.2, -0.15) is 0 Å². The van der Waals surface area contributed by atoms with Crippen molar-refractivity contribution < 1.29 is 4.74 Å². The molecule has 0 radical (unpaired) electrons. The van der Waals surface area contributed by atoms with E-state index in [9.17, 15) is 0 Å². The minimum Gasteiger partial charge on any atom is -0.493 e. The van der Waals surface area contributed by atoms with Crippen LogP contribution in [0.3, 0.4) is 0 Å². The van der Waals surface area contributed by atoms with Crippen LogP contribution in [-0.4, -0.2) is 13.2 Å². The summed E-state index contributed by atoms with van der Waals surface area (Å²) in [5.41, 5.74) is 7.02. The van der Waals surface area contributed by atoms with Gasteiger partial charge in [0.05, 0.1) is 6.61 Å². The van der Waals surface area contributed by atoms with Gasteiger partial charge in [0.15, 0.2) is 0 Å². The van der Waals surface area contributed by atoms with E-state index in [0.717, 1.165) is 44.1 Å². The van der Waals surface area contributed by atoms with E-state index in [4.69, 9.17) is 10.5 Å². The second kappa shape index (κ2) is 8.21. The fourth-order valence-electron chi connectivity index (χ4n) is 2.85. The molecule has 2 aliphatic carbocycles. The monoisotopic (exact) mass is 261 g/mol. The average Bonchev–Trinajstić information content (AvgIpc) is 2.69. The molecule has 2 heteroatoms. The van der Waals surface area contributed by atoms with Gasteiger partial charge in [-0.3, -0.25) is 0 Å². The lowest BCUT2D eigenvalue weighted by atomic mass is 9.90. The van der Waals surface area contributed by atoms with E-state index in [1.54, 1.807) is 0 Å². The molecule has 1 saturated carbocycles. The van der Waals surface area contributed by atoms with E-state index in [1.165, 1.54) is 37.7 Å². The molecule has 2 nitrogen and oxygen atoms in total. The molecular formula is C17H27NO. The maximum atomic E-state index is 6.01. The molecule has 2 aliphatic rings. The molecule has 0 unspecified atom stereocenters. The largest absolute Gasteiger partial charge is 0.493 e. The number of ether oxygens (including phenoxy) is 1. The Balaban J connectivity index is 1.83. The van der Waals surface area contributed by atoms with Crippen LogP contribution < -0.4 is 5.73 Å². The van der Waals surface area contributed by atoms with Gasteiger partial charge in [-0.1, -0.05) is 37.0 Å². The molecule has 2 N–H and O–H groups in total. The van der Waals surface area contributed by atoms with E-state index in [2.05, 4.69) is 24.3 Å². The Kier molecular flexibility index (Phi) is 6.22. The summed E-state index contributed by atoms with van der Waals surface area (Å²) < 4.78 is 6.01. The van der Waals surface area contributed by atoms with Crippen LogP contribution in [0.4, 0.5) is 0 Å². The van der Waals surface area contributed by atoms with Gasteiger partial charge in [0.25, 0.3) is 0 Å². The van der Waals surface area contributed by atoms with E-state index >= 15 is 0 Å². The summed E-state index contributed by atoms with van der Waals surface area (Å²) in [6.45, 7) is 1.66. The Bertz CT molecular complexity index is 348. The highest BCUT2D eigenvalue weighted by Crippen LogP contribution is 2.25. The molecule has 0 atom stereocenters. The number of allylic oxidation sites excluding steroid dienone is 5. The van der Waals surface area contributed by atoms with Gasteiger partial charge in [-0.25, -0.2) is 0 Å². The van der Waals surface area contributed by atoms with Gasteiger partial charge >= 0.3 is 0 Å². The number of hydrogen-bond donors (Lipinski definition) is 1. The molecule has 106 valence electrons. The van der Waals surface area contributed by atoms with Crippen molar-refractivity contribution in [2.45, 2.75) is 51.4 Å². The van der Waals surface area contributed by atoms with E-state index in [1.807, 2.05) is 0 Å². The van der Waals surface area contributed by atoms with Crippen LogP contribution in [0.1, 0.15) is 51.4 Å². The molecule has 0 aliphatic heterocycles. The lowest BCUT2D eigenvalue weighted by Gasteiger charge is -2.22. The summed E-state index contributed by atoms with van der Waals surface area (Å²) in [5.74, 6) is 1.80. The van der Waals surface area contributed by atoms with Crippen molar-refractivity contribution in [3.8, 4) is 0 Å². The first-order valence-electron chi connectivity index (χ1n) is 7.77. The Hall–Kier alpha value is -1.02. The Labute approximate surface area is 117 Å². The van der Waals surface area contributed by atoms with Crippen LogP contribution in [-0.2, 0) is 4.74 Å². The summed E-state index contributed by atoms with van der Waals surface area (Å²) in [6, 6.07) is 0. The lowest BCUT2D eigenvalue weighted by Crippen LogP contribution is -2.12. The maximum Gasteiger partial charge on any atom is 0.119 e. The fourth-order valence-corrected chi connectivity index (χ4v) is 2.85. The molecule has 0 aromatic rings. The zero-order chi connectivity index (χ0) is 13.3. The van der Waals surface area contributed by atoms with Crippen molar-refractivity contribution in [1.82, 2.24) is 0 Å². The second-order valence-corrected chi connectivity index (χ2v) is 5.71. The molecule has 0 spiro atoms. The van der Waals surface area contributed by atoms with E-state index in [0.29, 0.717) is 0 Å². The molecular weight excluding hydrogens is 234 g/mol. The SMILES string of the molecule is NCCCC1=CC(OCC2CCCCC2)=CC=CC1. The van der Waals surface area contributed by atoms with E-state index in [-0.39, 0.29) is 0 Å². The molecule has 1 fully saturated rings. The van der Waals surface area contributed by atoms with Crippen LogP contribution in [0.15, 0.2) is 35.6 Å². The summed E-state index contributed by atoms with van der Waals surface area (Å²) in [6.07, 6.45) is 18.7. The van der Waals surface area contributed by atoms with Crippen LogP contribution in [0.25, 0.3) is 0 Å². The quantitative estimate of drug-likeness (QED) is 0.781. The molecule has 0 heterocycles. The molecule has 0 saturated heterocycles. The number of rotatable bonds is 6. The minimum atomic E-state index is 0.766. The highest BCUT2D eigenvalue weighted by atomic mass is 16.5. The first kappa shape index (κ1) is 14.4. The summed E-state index contributed by atoms with van der Waals surface area (Å²) in [4.78, 5) is 0. The van der Waals surface area contributed by atoms with Gasteiger partial charge < -0.3 is 10.5 Å². The summed E-state index contributed by atoms with van der Waals surface area (Å²) >= 11 is 0. The zero-order valence-electron chi connectivity index (χ0n) is 11.9. The predicted molar refractivity (Wildman–Crippen MR) is 80.7 cm³/mol. The summed E-state index contributed by atoms with van der Waals surface area (Å²) in [7, 11) is 0. The first-order valence-corrected chi connectivity index (χ1v) is 7.77. The van der Waals surface area contributed by atoms with Gasteiger partial charge in [-0.05, 0) is 56.7 Å². The fraction of sp³-hybridized carbons (Fsp3) is 0.647. The lowest BCUT2D eigenvalue weighted by molar-refractivity contribution is 0.150. The third kappa shape index (κ3) is 5.23. The standard InChI is InChI=1S/C17H27NO/c18-12-6-10-15-7-4-5-11-17(13-15)19-14-16-8-2-1-3-9-16/h4-5,11,13,16H,1-3,6-10,12,14,18H2. The van der Waals surface area contributed by atoms with Crippen molar-refractivity contribution in [1.29, 1.82) is 0 Å². The Morgan fingerprint density at radius 3 is 2.84 bits per heavy atom. The molecule has 19 heavy (non-hydrogen) atoms. The Morgan fingerprint density at radius 1 is 1.21 bits per heavy atom. The topological polar surface area (TPSA) is 35.2 Å². The number of nitrogens with two attached hydrogens (primary N) is 1. The van der Waals surface area contributed by atoms with Gasteiger partial charge in [0.1, 0.15) is 5.76 Å². The van der Waals surface area contributed by atoms with Crippen LogP contribution in [0.5, 0.6) is 0 Å². The molecule has 0 aromatic heterocycles. The smallest absolute Gasteiger partial charge is 0.119 e. The highest BCUT2D eigenvalue weighted by molar-refractivity contribution is 5.28. The van der Waals surface area contributed by atoms with Crippen LogP contribution >= 0.6 is 0 Å². The summed E-state index contributed by atoms with van der Waals surface area (Å²) in [5, 5.41) is 0. The molecule has 2 rings (SSSR count). The van der Waals surface area contributed by atoms with Crippen molar-refractivity contribution >= 4 is 0 Å². The highest BCUT2D eigenvalue weighted by Gasteiger charge is 2.14. The molecule has 0 bridgehead atoms. The van der Waals surface area contributed by atoms with Crippen molar-refractivity contribution in [3.63, 3.8) is 0 Å². The maximum absolute atomic E-state index is 6.01. The molecule has 0 aromatic carbocycles. The predicted octanol–water partition coefficient (Wildman–Crippen LogP) is 4.09. The normalized spacial score (nSPS) is 20.7. The Morgan fingerprint density at radius 2 is 2.05 bits per heavy atom. The van der Waals surface area contributed by atoms with Gasteiger partial charge in [0, 0.05) is 0 Å². The van der Waals surface area contributed by atoms with Gasteiger partial charge in [-0.15, -0.1) is 0 Å². The average molecular weight is 261 g/mol.